The molecule has 3 heteroatoms. The molecule has 1 heterocycles. The van der Waals surface area contributed by atoms with Gasteiger partial charge in [-0.2, -0.15) is 0 Å². The minimum atomic E-state index is 0.0966. The van der Waals surface area contributed by atoms with Crippen LogP contribution < -0.4 is 0 Å². The molecule has 0 aliphatic heterocycles. The number of aromatic hydroxyl groups is 1. The first-order chi connectivity index (χ1) is 4.74. The maximum atomic E-state index is 8.90. The number of aromatic nitrogens is 1. The van der Waals surface area contributed by atoms with Gasteiger partial charge >= 0.3 is 0 Å². The van der Waals surface area contributed by atoms with E-state index in [1.165, 1.54) is 18.3 Å². The average molecular weight is 156 g/mol. The molecule has 0 radical (unpaired) electrons. The van der Waals surface area contributed by atoms with E-state index in [0.29, 0.717) is 10.7 Å². The van der Waals surface area contributed by atoms with E-state index in [-0.39, 0.29) is 5.75 Å². The fraction of sp³-hybridized carbons (Fsp3) is 0. The first kappa shape index (κ1) is 7.09. The number of pyridine rings is 1. The lowest BCUT2D eigenvalue weighted by atomic mass is 10.3. The van der Waals surface area contributed by atoms with Crippen molar-refractivity contribution in [2.24, 2.45) is 0 Å². The van der Waals surface area contributed by atoms with E-state index in [4.69, 9.17) is 16.7 Å². The summed E-state index contributed by atoms with van der Waals surface area (Å²) in [6, 6.07) is 1.50. The van der Waals surface area contributed by atoms with E-state index in [1.54, 1.807) is 0 Å². The highest BCUT2D eigenvalue weighted by molar-refractivity contribution is 6.30. The normalized spacial score (nSPS) is 9.30. The van der Waals surface area contributed by atoms with Crippen molar-refractivity contribution in [1.82, 2.24) is 4.98 Å². The van der Waals surface area contributed by atoms with Gasteiger partial charge in [-0.25, -0.2) is 4.98 Å². The molecule has 1 N–H and O–H groups in total. The topological polar surface area (TPSA) is 33.1 Å². The summed E-state index contributed by atoms with van der Waals surface area (Å²) < 4.78 is 0. The molecule has 0 aliphatic carbocycles. The van der Waals surface area contributed by atoms with E-state index in [9.17, 15) is 0 Å². The Morgan fingerprint density at radius 1 is 1.70 bits per heavy atom. The zero-order valence-corrected chi connectivity index (χ0v) is 5.97. The van der Waals surface area contributed by atoms with Gasteiger partial charge in [-0.05, 0) is 6.07 Å². The quantitative estimate of drug-likeness (QED) is 0.630. The lowest BCUT2D eigenvalue weighted by Crippen LogP contribution is -1.78. The first-order valence-electron chi connectivity index (χ1n) is 2.71. The lowest BCUT2D eigenvalue weighted by molar-refractivity contribution is 0.472. The van der Waals surface area contributed by atoms with Crippen LogP contribution in [0.5, 0.6) is 5.75 Å². The molecule has 52 valence electrons. The zero-order valence-electron chi connectivity index (χ0n) is 5.21. The Kier molecular flexibility index (Phi) is 1.92. The van der Waals surface area contributed by atoms with Crippen LogP contribution in [-0.2, 0) is 0 Å². The fourth-order valence-corrected chi connectivity index (χ4v) is 0.777. The second kappa shape index (κ2) is 2.71. The van der Waals surface area contributed by atoms with Gasteiger partial charge in [0.1, 0.15) is 10.9 Å². The lowest BCUT2D eigenvalue weighted by Gasteiger charge is -1.95. The van der Waals surface area contributed by atoms with E-state index in [2.05, 4.69) is 11.6 Å². The van der Waals surface area contributed by atoms with Crippen molar-refractivity contribution in [3.8, 4) is 5.75 Å². The zero-order chi connectivity index (χ0) is 7.56. The molecule has 0 saturated heterocycles. The van der Waals surface area contributed by atoms with Crippen molar-refractivity contribution in [2.75, 3.05) is 0 Å². The second-order valence-electron chi connectivity index (χ2n) is 1.78. The highest BCUT2D eigenvalue weighted by Gasteiger charge is 1.96. The van der Waals surface area contributed by atoms with Gasteiger partial charge in [-0.15, -0.1) is 0 Å². The van der Waals surface area contributed by atoms with Gasteiger partial charge in [0.2, 0.25) is 0 Å². The highest BCUT2D eigenvalue weighted by atomic mass is 35.5. The van der Waals surface area contributed by atoms with Crippen LogP contribution in [0.15, 0.2) is 18.8 Å². The molecule has 0 saturated carbocycles. The maximum Gasteiger partial charge on any atom is 0.136 e. The molecule has 1 rings (SSSR count). The summed E-state index contributed by atoms with van der Waals surface area (Å²) in [7, 11) is 0. The number of halogens is 1. The summed E-state index contributed by atoms with van der Waals surface area (Å²) in [5.74, 6) is 0.0966. The summed E-state index contributed by atoms with van der Waals surface area (Å²) in [6.07, 6.45) is 2.82. The molecular formula is C7H6ClNO. The predicted octanol–water partition coefficient (Wildman–Crippen LogP) is 2.08. The van der Waals surface area contributed by atoms with Crippen LogP contribution in [0.3, 0.4) is 0 Å². The van der Waals surface area contributed by atoms with Gasteiger partial charge in [0, 0.05) is 5.56 Å². The molecule has 1 aromatic rings. The summed E-state index contributed by atoms with van der Waals surface area (Å²) >= 11 is 5.60. The van der Waals surface area contributed by atoms with Crippen LogP contribution >= 0.6 is 11.6 Å². The Bertz CT molecular complexity index is 260. The minimum Gasteiger partial charge on any atom is -0.506 e. The molecular weight excluding hydrogens is 150 g/mol. The van der Waals surface area contributed by atoms with E-state index in [1.807, 2.05) is 0 Å². The van der Waals surface area contributed by atoms with Crippen molar-refractivity contribution in [3.05, 3.63) is 29.6 Å². The Hall–Kier alpha value is -1.02. The Morgan fingerprint density at radius 2 is 2.40 bits per heavy atom. The van der Waals surface area contributed by atoms with Crippen LogP contribution in [0.2, 0.25) is 5.15 Å². The third-order valence-corrected chi connectivity index (χ3v) is 1.39. The van der Waals surface area contributed by atoms with E-state index < -0.39 is 0 Å². The molecule has 0 unspecified atom stereocenters. The first-order valence-corrected chi connectivity index (χ1v) is 3.09. The molecule has 0 aliphatic rings. The number of rotatable bonds is 1. The van der Waals surface area contributed by atoms with Gasteiger partial charge < -0.3 is 5.11 Å². The largest absolute Gasteiger partial charge is 0.506 e. The van der Waals surface area contributed by atoms with Crippen LogP contribution in [0.4, 0.5) is 0 Å². The van der Waals surface area contributed by atoms with Crippen LogP contribution in [-0.4, -0.2) is 10.1 Å². The summed E-state index contributed by atoms with van der Waals surface area (Å²) in [5.41, 5.74) is 0.640. The number of nitrogens with zero attached hydrogens (tertiary/aromatic N) is 1. The highest BCUT2D eigenvalue weighted by Crippen LogP contribution is 2.18. The number of hydrogen-bond donors (Lipinski definition) is 1. The SMILES string of the molecule is C=Cc1cc(O)cnc1Cl. The molecule has 2 nitrogen and oxygen atoms in total. The minimum absolute atomic E-state index is 0.0966. The molecule has 1 aromatic heterocycles. The standard InChI is InChI=1S/C7H6ClNO/c1-2-5-3-6(10)4-9-7(5)8/h2-4,10H,1H2. The smallest absolute Gasteiger partial charge is 0.136 e. The molecule has 0 aromatic carbocycles. The summed E-state index contributed by atoms with van der Waals surface area (Å²) in [4.78, 5) is 3.69. The molecule has 0 fully saturated rings. The van der Waals surface area contributed by atoms with Crippen LogP contribution in [0, 0.1) is 0 Å². The van der Waals surface area contributed by atoms with E-state index >= 15 is 0 Å². The Balaban J connectivity index is 3.21. The van der Waals surface area contributed by atoms with Crippen molar-refractivity contribution in [1.29, 1.82) is 0 Å². The maximum absolute atomic E-state index is 8.90. The fourth-order valence-electron chi connectivity index (χ4n) is 0.597. The van der Waals surface area contributed by atoms with E-state index in [0.717, 1.165) is 0 Å². The van der Waals surface area contributed by atoms with Crippen molar-refractivity contribution < 1.29 is 5.11 Å². The van der Waals surface area contributed by atoms with Crippen molar-refractivity contribution >= 4 is 17.7 Å². The molecule has 0 spiro atoms. The van der Waals surface area contributed by atoms with Crippen LogP contribution in [0.1, 0.15) is 5.56 Å². The Morgan fingerprint density at radius 3 is 2.90 bits per heavy atom. The van der Waals surface area contributed by atoms with Crippen molar-refractivity contribution in [3.63, 3.8) is 0 Å². The van der Waals surface area contributed by atoms with Gasteiger partial charge in [-0.3, -0.25) is 0 Å². The predicted molar refractivity (Wildman–Crippen MR) is 41.0 cm³/mol. The van der Waals surface area contributed by atoms with Gasteiger partial charge in [0.25, 0.3) is 0 Å². The van der Waals surface area contributed by atoms with Gasteiger partial charge in [0.15, 0.2) is 0 Å². The molecule has 0 bridgehead atoms. The monoisotopic (exact) mass is 155 g/mol. The van der Waals surface area contributed by atoms with Crippen molar-refractivity contribution in [2.45, 2.75) is 0 Å². The Labute approximate surface area is 63.8 Å². The average Bonchev–Trinajstić information content (AvgIpc) is 1.94. The number of hydrogen-bond acceptors (Lipinski definition) is 2. The van der Waals surface area contributed by atoms with Crippen LogP contribution in [0.25, 0.3) is 6.08 Å². The summed E-state index contributed by atoms with van der Waals surface area (Å²) in [6.45, 7) is 3.50. The third-order valence-electron chi connectivity index (χ3n) is 1.07. The second-order valence-corrected chi connectivity index (χ2v) is 2.14. The molecule has 0 atom stereocenters. The molecule has 10 heavy (non-hydrogen) atoms. The molecule has 0 amide bonds. The summed E-state index contributed by atoms with van der Waals surface area (Å²) in [5, 5.41) is 9.25. The van der Waals surface area contributed by atoms with Gasteiger partial charge in [-0.1, -0.05) is 24.3 Å². The third kappa shape index (κ3) is 1.28. The van der Waals surface area contributed by atoms with Gasteiger partial charge in [0.05, 0.1) is 6.20 Å².